The molecule has 1 aliphatic rings. The van der Waals surface area contributed by atoms with Crippen molar-refractivity contribution in [2.45, 2.75) is 13.8 Å². The first kappa shape index (κ1) is 12.1. The van der Waals surface area contributed by atoms with Gasteiger partial charge in [0.05, 0.1) is 6.54 Å². The van der Waals surface area contributed by atoms with Gasteiger partial charge in [-0.15, -0.1) is 0 Å². The van der Waals surface area contributed by atoms with Gasteiger partial charge in [-0.25, -0.2) is 0 Å². The molecule has 0 amide bonds. The molecule has 0 saturated carbocycles. The van der Waals surface area contributed by atoms with Crippen LogP contribution in [0.4, 0.5) is 5.69 Å². The molecule has 0 N–H and O–H groups in total. The van der Waals surface area contributed by atoms with Crippen molar-refractivity contribution in [3.63, 3.8) is 0 Å². The SMILES string of the molecule is CC(=O)CN1CCN(c2ccc(C)cc2)CC1. The van der Waals surface area contributed by atoms with Crippen LogP contribution < -0.4 is 4.90 Å². The van der Waals surface area contributed by atoms with E-state index < -0.39 is 0 Å². The molecule has 1 fully saturated rings. The highest BCUT2D eigenvalue weighted by Crippen LogP contribution is 2.16. The maximum absolute atomic E-state index is 11.0. The first-order valence-corrected chi connectivity index (χ1v) is 6.18. The average Bonchev–Trinajstić information content (AvgIpc) is 2.30. The quantitative estimate of drug-likeness (QED) is 0.792. The lowest BCUT2D eigenvalue weighted by molar-refractivity contribution is -0.118. The molecule has 1 aliphatic heterocycles. The molecule has 1 heterocycles. The molecule has 0 spiro atoms. The van der Waals surface area contributed by atoms with Gasteiger partial charge in [-0.2, -0.15) is 0 Å². The highest BCUT2D eigenvalue weighted by atomic mass is 16.1. The van der Waals surface area contributed by atoms with Gasteiger partial charge in [0.15, 0.2) is 0 Å². The molecule has 0 atom stereocenters. The molecule has 0 unspecified atom stereocenters. The molecule has 92 valence electrons. The fourth-order valence-electron chi connectivity index (χ4n) is 2.23. The van der Waals surface area contributed by atoms with E-state index in [1.54, 1.807) is 6.92 Å². The number of benzene rings is 1. The van der Waals surface area contributed by atoms with E-state index in [1.807, 2.05) is 0 Å². The Kier molecular flexibility index (Phi) is 3.79. The van der Waals surface area contributed by atoms with Crippen LogP contribution in [-0.2, 0) is 4.79 Å². The van der Waals surface area contributed by atoms with Crippen molar-refractivity contribution in [2.24, 2.45) is 0 Å². The first-order valence-electron chi connectivity index (χ1n) is 6.18. The fraction of sp³-hybridized carbons (Fsp3) is 0.500. The lowest BCUT2D eigenvalue weighted by Crippen LogP contribution is -2.47. The van der Waals surface area contributed by atoms with E-state index in [1.165, 1.54) is 11.3 Å². The van der Waals surface area contributed by atoms with Crippen LogP contribution in [0.15, 0.2) is 24.3 Å². The second kappa shape index (κ2) is 5.32. The summed E-state index contributed by atoms with van der Waals surface area (Å²) in [5.41, 5.74) is 2.59. The van der Waals surface area contributed by atoms with Gasteiger partial charge >= 0.3 is 0 Å². The van der Waals surface area contributed by atoms with E-state index in [0.717, 1.165) is 26.2 Å². The molecule has 3 nitrogen and oxygen atoms in total. The molecule has 0 aromatic heterocycles. The number of ketones is 1. The summed E-state index contributed by atoms with van der Waals surface area (Å²) >= 11 is 0. The molecule has 1 aromatic carbocycles. The van der Waals surface area contributed by atoms with Gasteiger partial charge in [0.1, 0.15) is 5.78 Å². The zero-order valence-corrected chi connectivity index (χ0v) is 10.6. The predicted octanol–water partition coefficient (Wildman–Crippen LogP) is 1.71. The van der Waals surface area contributed by atoms with E-state index in [4.69, 9.17) is 0 Å². The van der Waals surface area contributed by atoms with Gasteiger partial charge in [-0.3, -0.25) is 9.69 Å². The van der Waals surface area contributed by atoms with Crippen LogP contribution in [0.3, 0.4) is 0 Å². The minimum absolute atomic E-state index is 0.258. The van der Waals surface area contributed by atoms with Gasteiger partial charge in [0.2, 0.25) is 0 Å². The Bertz CT molecular complexity index is 378. The summed E-state index contributed by atoms with van der Waals surface area (Å²) in [6, 6.07) is 8.65. The fourth-order valence-corrected chi connectivity index (χ4v) is 2.23. The largest absolute Gasteiger partial charge is 0.369 e. The maximum Gasteiger partial charge on any atom is 0.143 e. The third-order valence-corrected chi connectivity index (χ3v) is 3.22. The van der Waals surface area contributed by atoms with Crippen LogP contribution in [0.25, 0.3) is 0 Å². The van der Waals surface area contributed by atoms with Crippen molar-refractivity contribution in [1.29, 1.82) is 0 Å². The normalized spacial score (nSPS) is 17.2. The lowest BCUT2D eigenvalue weighted by Gasteiger charge is -2.35. The number of carbonyl (C=O) groups excluding carboxylic acids is 1. The van der Waals surface area contributed by atoms with Crippen LogP contribution in [0.1, 0.15) is 12.5 Å². The van der Waals surface area contributed by atoms with Gasteiger partial charge in [-0.05, 0) is 26.0 Å². The third-order valence-electron chi connectivity index (χ3n) is 3.22. The summed E-state index contributed by atoms with van der Waals surface area (Å²) in [4.78, 5) is 15.7. The highest BCUT2D eigenvalue weighted by Gasteiger charge is 2.17. The molecule has 0 aliphatic carbocycles. The number of hydrogen-bond donors (Lipinski definition) is 0. The van der Waals surface area contributed by atoms with Crippen molar-refractivity contribution in [2.75, 3.05) is 37.6 Å². The number of Topliss-reactive ketones (excluding diaryl/α,β-unsaturated/α-hetero) is 1. The summed E-state index contributed by atoms with van der Waals surface area (Å²) < 4.78 is 0. The number of hydrogen-bond acceptors (Lipinski definition) is 3. The Morgan fingerprint density at radius 3 is 2.24 bits per heavy atom. The van der Waals surface area contributed by atoms with Crippen LogP contribution in [0.2, 0.25) is 0 Å². The summed E-state index contributed by atoms with van der Waals surface area (Å²) in [6.07, 6.45) is 0. The lowest BCUT2D eigenvalue weighted by atomic mass is 10.2. The number of anilines is 1. The molecule has 17 heavy (non-hydrogen) atoms. The van der Waals surface area contributed by atoms with Crippen molar-refractivity contribution in [1.82, 2.24) is 4.90 Å². The smallest absolute Gasteiger partial charge is 0.143 e. The molecular formula is C14H20N2O. The monoisotopic (exact) mass is 232 g/mol. The Morgan fingerprint density at radius 2 is 1.71 bits per heavy atom. The first-order chi connectivity index (χ1) is 8.15. The highest BCUT2D eigenvalue weighted by molar-refractivity contribution is 5.77. The number of carbonyl (C=O) groups is 1. The van der Waals surface area contributed by atoms with Crippen LogP contribution in [-0.4, -0.2) is 43.4 Å². The molecule has 1 aromatic rings. The van der Waals surface area contributed by atoms with Gasteiger partial charge < -0.3 is 4.90 Å². The zero-order chi connectivity index (χ0) is 12.3. The van der Waals surface area contributed by atoms with E-state index in [2.05, 4.69) is 41.0 Å². The Balaban J connectivity index is 1.90. The Morgan fingerprint density at radius 1 is 1.12 bits per heavy atom. The summed E-state index contributed by atoms with van der Waals surface area (Å²) in [5.74, 6) is 0.258. The second-order valence-corrected chi connectivity index (χ2v) is 4.80. The van der Waals surface area contributed by atoms with Gasteiger partial charge in [-0.1, -0.05) is 17.7 Å². The van der Waals surface area contributed by atoms with Crippen LogP contribution in [0, 0.1) is 6.92 Å². The molecule has 0 bridgehead atoms. The van der Waals surface area contributed by atoms with Crippen molar-refractivity contribution < 1.29 is 4.79 Å². The average molecular weight is 232 g/mol. The van der Waals surface area contributed by atoms with E-state index >= 15 is 0 Å². The van der Waals surface area contributed by atoms with Gasteiger partial charge in [0, 0.05) is 31.9 Å². The van der Waals surface area contributed by atoms with Crippen LogP contribution in [0.5, 0.6) is 0 Å². The van der Waals surface area contributed by atoms with E-state index in [0.29, 0.717) is 6.54 Å². The van der Waals surface area contributed by atoms with E-state index in [9.17, 15) is 4.79 Å². The summed E-state index contributed by atoms with van der Waals surface area (Å²) in [7, 11) is 0. The number of rotatable bonds is 3. The third kappa shape index (κ3) is 3.30. The topological polar surface area (TPSA) is 23.6 Å². The minimum Gasteiger partial charge on any atom is -0.369 e. The Labute approximate surface area is 103 Å². The van der Waals surface area contributed by atoms with Gasteiger partial charge in [0.25, 0.3) is 0 Å². The number of aryl methyl sites for hydroxylation is 1. The second-order valence-electron chi connectivity index (χ2n) is 4.80. The van der Waals surface area contributed by atoms with Crippen molar-refractivity contribution >= 4 is 11.5 Å². The molecular weight excluding hydrogens is 212 g/mol. The molecule has 3 heteroatoms. The van der Waals surface area contributed by atoms with Crippen LogP contribution >= 0.6 is 0 Å². The van der Waals surface area contributed by atoms with Crippen molar-refractivity contribution in [3.8, 4) is 0 Å². The summed E-state index contributed by atoms with van der Waals surface area (Å²) in [6.45, 7) is 8.34. The maximum atomic E-state index is 11.0. The molecule has 2 rings (SSSR count). The minimum atomic E-state index is 0.258. The predicted molar refractivity (Wildman–Crippen MR) is 70.5 cm³/mol. The van der Waals surface area contributed by atoms with Crippen molar-refractivity contribution in [3.05, 3.63) is 29.8 Å². The van der Waals surface area contributed by atoms with E-state index in [-0.39, 0.29) is 5.78 Å². The summed E-state index contributed by atoms with van der Waals surface area (Å²) in [5, 5.41) is 0. The zero-order valence-electron chi connectivity index (χ0n) is 10.6. The Hall–Kier alpha value is -1.35. The number of nitrogens with zero attached hydrogens (tertiary/aromatic N) is 2. The number of piperazine rings is 1. The molecule has 0 radical (unpaired) electrons. The standard InChI is InChI=1S/C14H20N2O/c1-12-3-5-14(6-4-12)16-9-7-15(8-10-16)11-13(2)17/h3-6H,7-11H2,1-2H3. The molecule has 1 saturated heterocycles.